The molecule has 0 amide bonds. The normalized spacial score (nSPS) is 12.8. The summed E-state index contributed by atoms with van der Waals surface area (Å²) in [7, 11) is -0.213. The van der Waals surface area contributed by atoms with E-state index in [9.17, 15) is 0 Å². The second kappa shape index (κ2) is 15.4. The van der Waals surface area contributed by atoms with Crippen molar-refractivity contribution in [1.29, 1.82) is 0 Å². The molecule has 0 saturated carbocycles. The van der Waals surface area contributed by atoms with Crippen LogP contribution in [0.25, 0.3) is 0 Å². The number of hydrogen-bond donors (Lipinski definition) is 0. The Morgan fingerprint density at radius 2 is 1.23 bits per heavy atom. The summed E-state index contributed by atoms with van der Waals surface area (Å²) < 4.78 is 12.3. The first-order chi connectivity index (χ1) is 18.6. The van der Waals surface area contributed by atoms with E-state index in [1.54, 1.807) is 7.11 Å². The first-order valence-electron chi connectivity index (χ1n) is 13.9. The molecule has 4 rings (SSSR count). The molecule has 0 heterocycles. The zero-order valence-corrected chi connectivity index (χ0v) is 26.2. The molecule has 0 radical (unpaired) electrons. The zero-order chi connectivity index (χ0) is 26.8. The number of aryl methyl sites for hydroxylation is 1. The summed E-state index contributed by atoms with van der Waals surface area (Å²) in [6.45, 7) is 6.53. The maximum atomic E-state index is 6.82. The third-order valence-electron chi connectivity index (χ3n) is 7.51. The third-order valence-corrected chi connectivity index (χ3v) is 11.9. The number of ether oxygens (including phenoxy) is 2. The van der Waals surface area contributed by atoms with Crippen LogP contribution in [0.4, 0.5) is 0 Å². The average Bonchev–Trinajstić information content (AvgIpc) is 2.97. The van der Waals surface area contributed by atoms with Gasteiger partial charge in [-0.25, -0.2) is 0 Å². The quantitative estimate of drug-likeness (QED) is 0.203. The van der Waals surface area contributed by atoms with Crippen molar-refractivity contribution in [3.8, 4) is 5.75 Å². The molecule has 0 bridgehead atoms. The first kappa shape index (κ1) is 31.1. The number of hydrogen-bond acceptors (Lipinski definition) is 2. The van der Waals surface area contributed by atoms with Gasteiger partial charge in [-0.05, 0) is 87.6 Å². The number of methoxy groups -OCH3 is 1. The van der Waals surface area contributed by atoms with Gasteiger partial charge >= 0.3 is 0 Å². The molecule has 2 nitrogen and oxygen atoms in total. The molecule has 0 spiro atoms. The van der Waals surface area contributed by atoms with E-state index in [1.165, 1.54) is 27.0 Å². The lowest BCUT2D eigenvalue weighted by Crippen LogP contribution is -3.00. The molecule has 2 unspecified atom stereocenters. The zero-order valence-electron chi connectivity index (χ0n) is 23.7. The summed E-state index contributed by atoms with van der Waals surface area (Å²) in [5.41, 5.74) is 2.51. The fourth-order valence-corrected chi connectivity index (χ4v) is 9.46. The van der Waals surface area contributed by atoms with E-state index in [-0.39, 0.29) is 29.2 Å². The second-order valence-corrected chi connectivity index (χ2v) is 13.7. The topological polar surface area (TPSA) is 18.5 Å². The van der Waals surface area contributed by atoms with Gasteiger partial charge < -0.3 is 26.5 Å². The van der Waals surface area contributed by atoms with Crippen molar-refractivity contribution in [3.05, 3.63) is 120 Å². The van der Waals surface area contributed by atoms with Gasteiger partial charge in [-0.1, -0.05) is 73.7 Å². The number of rotatable bonds is 13. The lowest BCUT2D eigenvalue weighted by molar-refractivity contribution is -0.0000103. The molecule has 2 atom stereocenters. The molecule has 0 N–H and O–H groups in total. The number of benzene rings is 4. The highest BCUT2D eigenvalue weighted by molar-refractivity contribution is 7.95. The summed E-state index contributed by atoms with van der Waals surface area (Å²) in [6.07, 6.45) is 5.58. The van der Waals surface area contributed by atoms with Gasteiger partial charge in [-0.15, -0.1) is 0 Å². The van der Waals surface area contributed by atoms with Gasteiger partial charge in [0.2, 0.25) is 0 Å². The molecule has 4 aromatic carbocycles. The lowest BCUT2D eigenvalue weighted by atomic mass is 10.1. The van der Waals surface area contributed by atoms with Gasteiger partial charge in [0, 0.05) is 12.7 Å². The molecule has 0 saturated heterocycles. The molecule has 0 aliphatic heterocycles. The van der Waals surface area contributed by atoms with E-state index >= 15 is 0 Å². The molecular weight excluding hydrogens is 563 g/mol. The molecule has 39 heavy (non-hydrogen) atoms. The van der Waals surface area contributed by atoms with Crippen molar-refractivity contribution in [2.45, 2.75) is 64.8 Å². The standard InChI is InChI=1S/C35H42O2P.BrH/c1-5-31(17-15-16-29(3)36-4)37-35-26-28(2)24-25-30(35)27-38(32-18-9-6-10-19-32,33-20-11-7-12-21-33)34-22-13-8-14-23-34;/h6-14,18-26,29,31H,5,15-17,27H2,1-4H3;1H/q+1;/p-1. The van der Waals surface area contributed by atoms with Gasteiger partial charge in [-0.2, -0.15) is 0 Å². The Balaban J connectivity index is 0.00000420. The smallest absolute Gasteiger partial charge is 0.126 e. The Kier molecular flexibility index (Phi) is 12.2. The van der Waals surface area contributed by atoms with E-state index in [2.05, 4.69) is 130 Å². The van der Waals surface area contributed by atoms with Crippen LogP contribution in [-0.2, 0) is 10.9 Å². The van der Waals surface area contributed by atoms with Crippen LogP contribution in [0, 0.1) is 6.92 Å². The molecule has 206 valence electrons. The van der Waals surface area contributed by atoms with Gasteiger partial charge in [0.25, 0.3) is 0 Å². The lowest BCUT2D eigenvalue weighted by Gasteiger charge is -2.29. The molecule has 4 heteroatoms. The Morgan fingerprint density at radius 1 is 0.718 bits per heavy atom. The van der Waals surface area contributed by atoms with E-state index in [0.29, 0.717) is 0 Å². The highest BCUT2D eigenvalue weighted by Gasteiger charge is 2.46. The maximum Gasteiger partial charge on any atom is 0.126 e. The molecule has 0 aliphatic carbocycles. The second-order valence-electron chi connectivity index (χ2n) is 10.2. The summed E-state index contributed by atoms with van der Waals surface area (Å²) >= 11 is 0. The van der Waals surface area contributed by atoms with Crippen molar-refractivity contribution in [1.82, 2.24) is 0 Å². The Bertz CT molecular complexity index is 1150. The first-order valence-corrected chi connectivity index (χ1v) is 15.9. The van der Waals surface area contributed by atoms with Crippen LogP contribution in [0.2, 0.25) is 0 Å². The van der Waals surface area contributed by atoms with Crippen molar-refractivity contribution in [2.75, 3.05) is 7.11 Å². The fraction of sp³-hybridized carbons (Fsp3) is 0.314. The highest BCUT2D eigenvalue weighted by atomic mass is 79.9. The van der Waals surface area contributed by atoms with Gasteiger partial charge in [0.15, 0.2) is 0 Å². The summed E-state index contributed by atoms with van der Waals surface area (Å²) in [5, 5.41) is 4.18. The average molecular weight is 606 g/mol. The van der Waals surface area contributed by atoms with Crippen molar-refractivity contribution < 1.29 is 26.5 Å². The van der Waals surface area contributed by atoms with Crippen LogP contribution < -0.4 is 37.6 Å². The van der Waals surface area contributed by atoms with Gasteiger partial charge in [0.1, 0.15) is 35.1 Å². The fourth-order valence-electron chi connectivity index (χ4n) is 5.20. The monoisotopic (exact) mass is 604 g/mol. The van der Waals surface area contributed by atoms with Gasteiger partial charge in [-0.3, -0.25) is 0 Å². The van der Waals surface area contributed by atoms with Crippen molar-refractivity contribution in [3.63, 3.8) is 0 Å². The Hall–Kier alpha value is -2.45. The van der Waals surface area contributed by atoms with Crippen LogP contribution in [0.5, 0.6) is 5.75 Å². The minimum atomic E-state index is -2.00. The minimum Gasteiger partial charge on any atom is -1.00 e. The predicted molar refractivity (Wildman–Crippen MR) is 165 cm³/mol. The van der Waals surface area contributed by atoms with Crippen LogP contribution >= 0.6 is 7.26 Å². The van der Waals surface area contributed by atoms with Crippen LogP contribution in [0.3, 0.4) is 0 Å². The van der Waals surface area contributed by atoms with E-state index in [0.717, 1.165) is 37.6 Å². The summed E-state index contributed by atoms with van der Waals surface area (Å²) in [5.74, 6) is 1.03. The largest absolute Gasteiger partial charge is 1.00 e. The predicted octanol–water partition coefficient (Wildman–Crippen LogP) is 4.86. The molecular formula is C35H42BrO2P. The molecule has 0 aliphatic rings. The molecule has 0 aromatic heterocycles. The Labute approximate surface area is 246 Å². The van der Waals surface area contributed by atoms with Gasteiger partial charge in [0.05, 0.1) is 12.2 Å². The third kappa shape index (κ3) is 7.82. The van der Waals surface area contributed by atoms with E-state index < -0.39 is 7.26 Å². The van der Waals surface area contributed by atoms with Crippen LogP contribution in [0.15, 0.2) is 109 Å². The van der Waals surface area contributed by atoms with E-state index in [4.69, 9.17) is 9.47 Å². The van der Waals surface area contributed by atoms with Crippen molar-refractivity contribution >= 4 is 23.2 Å². The minimum absolute atomic E-state index is 0. The maximum absolute atomic E-state index is 6.82. The SMILES string of the molecule is CCC(CCCC(C)OC)Oc1cc(C)ccc1C[P+](c1ccccc1)(c1ccccc1)c1ccccc1.[Br-]. The van der Waals surface area contributed by atoms with Crippen LogP contribution in [-0.4, -0.2) is 19.3 Å². The number of halogens is 1. The highest BCUT2D eigenvalue weighted by Crippen LogP contribution is 2.59. The molecule has 0 fully saturated rings. The summed E-state index contributed by atoms with van der Waals surface area (Å²) in [6, 6.07) is 40.1. The van der Waals surface area contributed by atoms with E-state index in [1.807, 2.05) is 0 Å². The Morgan fingerprint density at radius 3 is 1.69 bits per heavy atom. The molecule has 4 aromatic rings. The van der Waals surface area contributed by atoms with Crippen LogP contribution in [0.1, 0.15) is 50.7 Å². The van der Waals surface area contributed by atoms with Crippen molar-refractivity contribution in [2.24, 2.45) is 0 Å². The summed E-state index contributed by atoms with van der Waals surface area (Å²) in [4.78, 5) is 0.